The highest BCUT2D eigenvalue weighted by Gasteiger charge is 2.26. The maximum Gasteiger partial charge on any atom is 0.136 e. The normalized spacial score (nSPS) is 23.9. The predicted molar refractivity (Wildman–Crippen MR) is 82.9 cm³/mol. The summed E-state index contributed by atoms with van der Waals surface area (Å²) in [6.45, 7) is 0. The van der Waals surface area contributed by atoms with Crippen LogP contribution >= 0.6 is 0 Å². The van der Waals surface area contributed by atoms with Crippen molar-refractivity contribution in [1.82, 2.24) is 0 Å². The summed E-state index contributed by atoms with van der Waals surface area (Å²) in [5.74, 6) is 1.41. The summed E-state index contributed by atoms with van der Waals surface area (Å²) >= 11 is 0. The van der Waals surface area contributed by atoms with Crippen LogP contribution in [0.5, 0.6) is 0 Å². The number of Topliss-reactive ketones (excluding diaryl/α,β-unsaturated/α-hetero) is 1. The Bertz CT molecular complexity index is 455. The number of carbonyl (C=O) groups excluding carboxylic acids is 1. The monoisotopic (exact) mass is 270 g/mol. The van der Waals surface area contributed by atoms with E-state index >= 15 is 0 Å². The number of carbonyl (C=O) groups is 1. The van der Waals surface area contributed by atoms with E-state index in [1.165, 1.54) is 56.1 Å². The van der Waals surface area contributed by atoms with Gasteiger partial charge in [0.15, 0.2) is 0 Å². The standard InChI is InChI=1S/C19H26O/c20-19(16-9-3-1-2-4-10-16)14-17-12-7-11-15-8-5-6-13-18(15)17/h5-6,8,13,16-17H,1-4,7,9-12,14H2. The minimum atomic E-state index is 0.367. The van der Waals surface area contributed by atoms with Gasteiger partial charge in [-0.15, -0.1) is 0 Å². The van der Waals surface area contributed by atoms with Crippen LogP contribution < -0.4 is 0 Å². The summed E-state index contributed by atoms with van der Waals surface area (Å²) in [5, 5.41) is 0. The molecule has 0 N–H and O–H groups in total. The lowest BCUT2D eigenvalue weighted by atomic mass is 9.78. The van der Waals surface area contributed by atoms with Crippen molar-refractivity contribution in [2.45, 2.75) is 70.1 Å². The van der Waals surface area contributed by atoms with Crippen LogP contribution in [-0.4, -0.2) is 5.78 Å². The van der Waals surface area contributed by atoms with Crippen molar-refractivity contribution in [3.8, 4) is 0 Å². The molecule has 1 saturated carbocycles. The fourth-order valence-corrected chi connectivity index (χ4v) is 4.08. The van der Waals surface area contributed by atoms with Crippen LogP contribution in [0.15, 0.2) is 24.3 Å². The van der Waals surface area contributed by atoms with E-state index in [2.05, 4.69) is 24.3 Å². The number of hydrogen-bond donors (Lipinski definition) is 0. The smallest absolute Gasteiger partial charge is 0.136 e. The van der Waals surface area contributed by atoms with E-state index in [1.54, 1.807) is 0 Å². The summed E-state index contributed by atoms with van der Waals surface area (Å²) < 4.78 is 0. The van der Waals surface area contributed by atoms with E-state index in [0.717, 1.165) is 19.3 Å². The van der Waals surface area contributed by atoms with Gasteiger partial charge in [0.05, 0.1) is 0 Å². The van der Waals surface area contributed by atoms with E-state index in [4.69, 9.17) is 0 Å². The highest BCUT2D eigenvalue weighted by atomic mass is 16.1. The summed E-state index contributed by atoms with van der Waals surface area (Å²) in [6, 6.07) is 8.76. The molecule has 3 rings (SSSR count). The fourth-order valence-electron chi connectivity index (χ4n) is 4.08. The van der Waals surface area contributed by atoms with Crippen LogP contribution in [0.4, 0.5) is 0 Å². The van der Waals surface area contributed by atoms with Crippen molar-refractivity contribution >= 4 is 5.78 Å². The van der Waals surface area contributed by atoms with Crippen LogP contribution in [0, 0.1) is 5.92 Å². The summed E-state index contributed by atoms with van der Waals surface area (Å²) in [7, 11) is 0. The maximum absolute atomic E-state index is 12.6. The van der Waals surface area contributed by atoms with Crippen molar-refractivity contribution in [3.05, 3.63) is 35.4 Å². The first-order valence-corrected chi connectivity index (χ1v) is 8.45. The topological polar surface area (TPSA) is 17.1 Å². The Kier molecular flexibility index (Phi) is 4.54. The Morgan fingerprint density at radius 3 is 2.50 bits per heavy atom. The minimum Gasteiger partial charge on any atom is -0.299 e. The zero-order valence-electron chi connectivity index (χ0n) is 12.4. The van der Waals surface area contributed by atoms with Crippen molar-refractivity contribution in [1.29, 1.82) is 0 Å². The van der Waals surface area contributed by atoms with Gasteiger partial charge < -0.3 is 0 Å². The summed E-state index contributed by atoms with van der Waals surface area (Å²) in [5.41, 5.74) is 2.94. The molecular weight excluding hydrogens is 244 g/mol. The molecule has 1 aromatic rings. The molecule has 0 saturated heterocycles. The second-order valence-corrected chi connectivity index (χ2v) is 6.65. The van der Waals surface area contributed by atoms with Gasteiger partial charge in [0, 0.05) is 12.3 Å². The average Bonchev–Trinajstić information content (AvgIpc) is 2.77. The zero-order chi connectivity index (χ0) is 13.8. The van der Waals surface area contributed by atoms with Gasteiger partial charge in [0.1, 0.15) is 5.78 Å². The molecule has 1 atom stereocenters. The molecular formula is C19H26O. The van der Waals surface area contributed by atoms with Crippen LogP contribution in [0.25, 0.3) is 0 Å². The Labute approximate surface area is 122 Å². The lowest BCUT2D eigenvalue weighted by Gasteiger charge is -2.26. The molecule has 2 aliphatic rings. The Hall–Kier alpha value is -1.11. The molecule has 0 heterocycles. The second-order valence-electron chi connectivity index (χ2n) is 6.65. The molecule has 0 aromatic heterocycles. The van der Waals surface area contributed by atoms with Gasteiger partial charge in [0.2, 0.25) is 0 Å². The van der Waals surface area contributed by atoms with Gasteiger partial charge in [-0.1, -0.05) is 49.9 Å². The van der Waals surface area contributed by atoms with Crippen molar-refractivity contribution < 1.29 is 4.79 Å². The Morgan fingerprint density at radius 1 is 0.950 bits per heavy atom. The quantitative estimate of drug-likeness (QED) is 0.703. The first kappa shape index (κ1) is 13.9. The molecule has 1 aromatic carbocycles. The van der Waals surface area contributed by atoms with Crippen LogP contribution in [0.2, 0.25) is 0 Å². The van der Waals surface area contributed by atoms with Crippen LogP contribution in [-0.2, 0) is 11.2 Å². The largest absolute Gasteiger partial charge is 0.299 e. The van der Waals surface area contributed by atoms with E-state index in [1.807, 2.05) is 0 Å². The third kappa shape index (κ3) is 3.13. The van der Waals surface area contributed by atoms with E-state index in [-0.39, 0.29) is 0 Å². The lowest BCUT2D eigenvalue weighted by molar-refractivity contribution is -0.123. The molecule has 1 nitrogen and oxygen atoms in total. The van der Waals surface area contributed by atoms with Crippen molar-refractivity contribution in [3.63, 3.8) is 0 Å². The first-order chi connectivity index (χ1) is 9.84. The molecule has 0 amide bonds. The van der Waals surface area contributed by atoms with Gasteiger partial charge >= 0.3 is 0 Å². The molecule has 1 unspecified atom stereocenters. The molecule has 0 bridgehead atoms. The van der Waals surface area contributed by atoms with Crippen molar-refractivity contribution in [2.75, 3.05) is 0 Å². The molecule has 0 radical (unpaired) electrons. The number of aryl methyl sites for hydroxylation is 1. The molecule has 2 aliphatic carbocycles. The van der Waals surface area contributed by atoms with Gasteiger partial charge in [-0.2, -0.15) is 0 Å². The highest BCUT2D eigenvalue weighted by Crippen LogP contribution is 2.36. The van der Waals surface area contributed by atoms with Gasteiger partial charge in [0.25, 0.3) is 0 Å². The lowest BCUT2D eigenvalue weighted by Crippen LogP contribution is -2.19. The Balaban J connectivity index is 1.67. The third-order valence-electron chi connectivity index (χ3n) is 5.25. The molecule has 0 spiro atoms. The number of fused-ring (bicyclic) bond motifs is 1. The molecule has 1 fully saturated rings. The average molecular weight is 270 g/mol. The summed E-state index contributed by atoms with van der Waals surface area (Å²) in [6.07, 6.45) is 11.9. The number of hydrogen-bond acceptors (Lipinski definition) is 1. The van der Waals surface area contributed by atoms with E-state index in [0.29, 0.717) is 17.6 Å². The van der Waals surface area contributed by atoms with Crippen LogP contribution in [0.1, 0.15) is 74.8 Å². The highest BCUT2D eigenvalue weighted by molar-refractivity contribution is 5.82. The minimum absolute atomic E-state index is 0.367. The number of rotatable bonds is 3. The second kappa shape index (κ2) is 6.56. The summed E-state index contributed by atoms with van der Waals surface area (Å²) in [4.78, 5) is 12.6. The zero-order valence-corrected chi connectivity index (χ0v) is 12.4. The van der Waals surface area contributed by atoms with Crippen LogP contribution in [0.3, 0.4) is 0 Å². The Morgan fingerprint density at radius 2 is 1.70 bits per heavy atom. The maximum atomic E-state index is 12.6. The molecule has 1 heteroatoms. The SMILES string of the molecule is O=C(CC1CCCc2ccccc21)C1CCCCCC1. The first-order valence-electron chi connectivity index (χ1n) is 8.45. The number of benzene rings is 1. The van der Waals surface area contributed by atoms with Gasteiger partial charge in [-0.05, 0) is 49.1 Å². The molecule has 108 valence electrons. The van der Waals surface area contributed by atoms with Gasteiger partial charge in [-0.25, -0.2) is 0 Å². The number of ketones is 1. The predicted octanol–water partition coefficient (Wildman–Crippen LogP) is 5.04. The van der Waals surface area contributed by atoms with E-state index < -0.39 is 0 Å². The van der Waals surface area contributed by atoms with Gasteiger partial charge in [-0.3, -0.25) is 4.79 Å². The van der Waals surface area contributed by atoms with E-state index in [9.17, 15) is 4.79 Å². The fraction of sp³-hybridized carbons (Fsp3) is 0.632. The molecule has 0 aliphatic heterocycles. The van der Waals surface area contributed by atoms with Crippen molar-refractivity contribution in [2.24, 2.45) is 5.92 Å². The molecule has 20 heavy (non-hydrogen) atoms. The third-order valence-corrected chi connectivity index (χ3v) is 5.25.